The summed E-state index contributed by atoms with van der Waals surface area (Å²) in [6.07, 6.45) is 0.0603. The van der Waals surface area contributed by atoms with E-state index in [2.05, 4.69) is 10.6 Å². The lowest BCUT2D eigenvalue weighted by Gasteiger charge is -2.12. The van der Waals surface area contributed by atoms with E-state index in [1.54, 1.807) is 25.3 Å². The molecule has 0 heterocycles. The molecule has 1 amide bonds. The zero-order valence-electron chi connectivity index (χ0n) is 11.9. The van der Waals surface area contributed by atoms with Crippen molar-refractivity contribution in [3.8, 4) is 5.75 Å². The van der Waals surface area contributed by atoms with Crippen molar-refractivity contribution in [2.24, 2.45) is 0 Å². The van der Waals surface area contributed by atoms with E-state index < -0.39 is 0 Å². The second-order valence-corrected chi connectivity index (χ2v) is 4.81. The van der Waals surface area contributed by atoms with Crippen LogP contribution in [-0.4, -0.2) is 37.4 Å². The molecule has 2 N–H and O–H groups in total. The Kier molecular flexibility index (Phi) is 6.97. The average Bonchev–Trinajstić information content (AvgIpc) is 2.38. The number of carbonyl (C=O) groups excluding carboxylic acids is 1. The Balaban J connectivity index is 2.56. The van der Waals surface area contributed by atoms with Crippen LogP contribution in [0.4, 0.5) is 0 Å². The molecule has 20 heavy (non-hydrogen) atoms. The molecule has 5 nitrogen and oxygen atoms in total. The van der Waals surface area contributed by atoms with Gasteiger partial charge in [0.1, 0.15) is 5.75 Å². The molecule has 0 aromatic heterocycles. The Labute approximate surface area is 124 Å². The van der Waals surface area contributed by atoms with E-state index in [9.17, 15) is 4.79 Å². The molecule has 0 aliphatic carbocycles. The SMILES string of the molecule is COCCNC(=S)NC(=O)c1cccc(OC(C)C)c1. The molecular weight excluding hydrogens is 276 g/mol. The van der Waals surface area contributed by atoms with E-state index in [4.69, 9.17) is 21.7 Å². The van der Waals surface area contributed by atoms with Gasteiger partial charge in [-0.15, -0.1) is 0 Å². The van der Waals surface area contributed by atoms with Crippen molar-refractivity contribution in [3.63, 3.8) is 0 Å². The minimum atomic E-state index is -0.269. The number of thiocarbonyl (C=S) groups is 1. The quantitative estimate of drug-likeness (QED) is 0.618. The van der Waals surface area contributed by atoms with Gasteiger partial charge in [-0.05, 0) is 44.3 Å². The fourth-order valence-electron chi connectivity index (χ4n) is 1.47. The lowest BCUT2D eigenvalue weighted by Crippen LogP contribution is -2.40. The van der Waals surface area contributed by atoms with Gasteiger partial charge in [0.2, 0.25) is 0 Å². The Morgan fingerprint density at radius 3 is 2.80 bits per heavy atom. The summed E-state index contributed by atoms with van der Waals surface area (Å²) in [7, 11) is 1.60. The molecular formula is C14H20N2O3S. The molecule has 1 rings (SSSR count). The summed E-state index contributed by atoms with van der Waals surface area (Å²) in [4.78, 5) is 12.0. The van der Waals surface area contributed by atoms with Crippen molar-refractivity contribution in [1.29, 1.82) is 0 Å². The van der Waals surface area contributed by atoms with Crippen LogP contribution in [0.15, 0.2) is 24.3 Å². The third-order valence-corrected chi connectivity index (χ3v) is 2.53. The molecule has 0 aliphatic heterocycles. The monoisotopic (exact) mass is 296 g/mol. The first-order chi connectivity index (χ1) is 9.52. The highest BCUT2D eigenvalue weighted by Crippen LogP contribution is 2.14. The lowest BCUT2D eigenvalue weighted by atomic mass is 10.2. The van der Waals surface area contributed by atoms with Gasteiger partial charge in [-0.3, -0.25) is 10.1 Å². The smallest absolute Gasteiger partial charge is 0.257 e. The minimum absolute atomic E-state index is 0.0603. The Bertz CT molecular complexity index is 463. The zero-order chi connectivity index (χ0) is 15.0. The van der Waals surface area contributed by atoms with Crippen molar-refractivity contribution in [3.05, 3.63) is 29.8 Å². The van der Waals surface area contributed by atoms with Crippen LogP contribution < -0.4 is 15.4 Å². The fraction of sp³-hybridized carbons (Fsp3) is 0.429. The van der Waals surface area contributed by atoms with E-state index in [-0.39, 0.29) is 17.1 Å². The van der Waals surface area contributed by atoms with Crippen LogP contribution in [0.25, 0.3) is 0 Å². The fourth-order valence-corrected chi connectivity index (χ4v) is 1.66. The molecule has 0 unspecified atom stereocenters. The van der Waals surface area contributed by atoms with Gasteiger partial charge in [-0.1, -0.05) is 6.07 Å². The maximum atomic E-state index is 12.0. The van der Waals surface area contributed by atoms with Gasteiger partial charge in [-0.25, -0.2) is 0 Å². The summed E-state index contributed by atoms with van der Waals surface area (Å²) in [5.74, 6) is 0.389. The maximum Gasteiger partial charge on any atom is 0.257 e. The molecule has 0 aliphatic rings. The van der Waals surface area contributed by atoms with Crippen molar-refractivity contribution in [2.75, 3.05) is 20.3 Å². The number of methoxy groups -OCH3 is 1. The van der Waals surface area contributed by atoms with Crippen LogP contribution in [-0.2, 0) is 4.74 Å². The van der Waals surface area contributed by atoms with Gasteiger partial charge in [0.05, 0.1) is 12.7 Å². The first-order valence-electron chi connectivity index (χ1n) is 6.37. The van der Waals surface area contributed by atoms with E-state index in [0.717, 1.165) is 0 Å². The highest BCUT2D eigenvalue weighted by molar-refractivity contribution is 7.80. The van der Waals surface area contributed by atoms with Crippen LogP contribution >= 0.6 is 12.2 Å². The molecule has 0 saturated heterocycles. The third kappa shape index (κ3) is 5.99. The summed E-state index contributed by atoms with van der Waals surface area (Å²) in [5, 5.41) is 5.76. The van der Waals surface area contributed by atoms with Crippen LogP contribution in [0, 0.1) is 0 Å². The van der Waals surface area contributed by atoms with Crippen LogP contribution in [0.2, 0.25) is 0 Å². The van der Waals surface area contributed by atoms with Crippen molar-refractivity contribution in [2.45, 2.75) is 20.0 Å². The molecule has 1 aromatic rings. The molecule has 0 saturated carbocycles. The van der Waals surface area contributed by atoms with Crippen LogP contribution in [0.5, 0.6) is 5.75 Å². The maximum absolute atomic E-state index is 12.0. The van der Waals surface area contributed by atoms with E-state index >= 15 is 0 Å². The van der Waals surface area contributed by atoms with Crippen molar-refractivity contribution < 1.29 is 14.3 Å². The molecule has 0 bridgehead atoms. The van der Waals surface area contributed by atoms with Gasteiger partial charge in [0, 0.05) is 19.2 Å². The van der Waals surface area contributed by atoms with E-state index in [1.165, 1.54) is 0 Å². The molecule has 0 fully saturated rings. The number of hydrogen-bond acceptors (Lipinski definition) is 4. The summed E-state index contributed by atoms with van der Waals surface area (Å²) < 4.78 is 10.4. The molecule has 0 atom stereocenters. The van der Waals surface area contributed by atoms with Crippen molar-refractivity contribution >= 4 is 23.2 Å². The first-order valence-corrected chi connectivity index (χ1v) is 6.78. The van der Waals surface area contributed by atoms with Gasteiger partial charge < -0.3 is 14.8 Å². The zero-order valence-corrected chi connectivity index (χ0v) is 12.8. The largest absolute Gasteiger partial charge is 0.491 e. The predicted octanol–water partition coefficient (Wildman–Crippen LogP) is 1.72. The third-order valence-electron chi connectivity index (χ3n) is 2.29. The number of carbonyl (C=O) groups is 1. The summed E-state index contributed by atoms with van der Waals surface area (Å²) in [6, 6.07) is 6.98. The number of rotatable bonds is 6. The number of hydrogen-bond donors (Lipinski definition) is 2. The van der Waals surface area contributed by atoms with Crippen molar-refractivity contribution in [1.82, 2.24) is 10.6 Å². The Hall–Kier alpha value is -1.66. The summed E-state index contributed by atoms with van der Waals surface area (Å²) >= 11 is 5.02. The summed E-state index contributed by atoms with van der Waals surface area (Å²) in [5.41, 5.74) is 0.499. The van der Waals surface area contributed by atoms with Gasteiger partial charge in [0.25, 0.3) is 5.91 Å². The van der Waals surface area contributed by atoms with E-state index in [0.29, 0.717) is 24.5 Å². The number of nitrogens with one attached hydrogen (secondary N) is 2. The lowest BCUT2D eigenvalue weighted by molar-refractivity contribution is 0.0975. The number of benzene rings is 1. The minimum Gasteiger partial charge on any atom is -0.491 e. The van der Waals surface area contributed by atoms with Gasteiger partial charge in [-0.2, -0.15) is 0 Å². The second kappa shape index (κ2) is 8.50. The predicted molar refractivity (Wildman–Crippen MR) is 82.1 cm³/mol. The van der Waals surface area contributed by atoms with Crippen LogP contribution in [0.1, 0.15) is 24.2 Å². The normalized spacial score (nSPS) is 10.2. The summed E-state index contributed by atoms with van der Waals surface area (Å²) in [6.45, 7) is 4.93. The molecule has 110 valence electrons. The topological polar surface area (TPSA) is 59.6 Å². The Morgan fingerprint density at radius 2 is 2.15 bits per heavy atom. The highest BCUT2D eigenvalue weighted by atomic mass is 32.1. The van der Waals surface area contributed by atoms with E-state index in [1.807, 2.05) is 19.9 Å². The average molecular weight is 296 g/mol. The number of ether oxygens (including phenoxy) is 2. The second-order valence-electron chi connectivity index (χ2n) is 4.40. The molecule has 0 spiro atoms. The van der Waals surface area contributed by atoms with Gasteiger partial charge >= 0.3 is 0 Å². The molecule has 0 radical (unpaired) electrons. The van der Waals surface area contributed by atoms with Gasteiger partial charge in [0.15, 0.2) is 5.11 Å². The first kappa shape index (κ1) is 16.4. The number of amides is 1. The van der Waals surface area contributed by atoms with Crippen LogP contribution in [0.3, 0.4) is 0 Å². The molecule has 1 aromatic carbocycles. The standard InChI is InChI=1S/C14H20N2O3S/c1-10(2)19-12-6-4-5-11(9-12)13(17)16-14(20)15-7-8-18-3/h4-6,9-10H,7-8H2,1-3H3,(H2,15,16,17,20). The Morgan fingerprint density at radius 1 is 1.40 bits per heavy atom. The highest BCUT2D eigenvalue weighted by Gasteiger charge is 2.09. The molecule has 6 heteroatoms.